The number of amides is 4. The van der Waals surface area contributed by atoms with E-state index < -0.39 is 23.4 Å². The van der Waals surface area contributed by atoms with Crippen LogP contribution in [0.25, 0.3) is 0 Å². The lowest BCUT2D eigenvalue weighted by Gasteiger charge is -2.25. The van der Waals surface area contributed by atoms with Crippen molar-refractivity contribution in [3.05, 3.63) is 88.7 Å². The molecule has 34 heavy (non-hydrogen) atoms. The molecule has 2 heterocycles. The predicted molar refractivity (Wildman–Crippen MR) is 128 cm³/mol. The number of hydrogen-bond acceptors (Lipinski definition) is 4. The molecular weight excluding hydrogens is 430 g/mol. The molecule has 0 aliphatic carbocycles. The highest BCUT2D eigenvalue weighted by atomic mass is 16.2. The lowest BCUT2D eigenvalue weighted by atomic mass is 9.87. The van der Waals surface area contributed by atoms with E-state index in [-0.39, 0.29) is 13.1 Å². The van der Waals surface area contributed by atoms with Gasteiger partial charge >= 0.3 is 6.03 Å². The fraction of sp³-hybridized carbons (Fsp3) is 0.308. The van der Waals surface area contributed by atoms with E-state index in [1.54, 1.807) is 0 Å². The van der Waals surface area contributed by atoms with Crippen molar-refractivity contribution in [3.8, 4) is 0 Å². The van der Waals surface area contributed by atoms with E-state index in [0.29, 0.717) is 18.5 Å². The van der Waals surface area contributed by atoms with Crippen molar-refractivity contribution in [1.82, 2.24) is 25.3 Å². The molecule has 1 aliphatic heterocycles. The Morgan fingerprint density at radius 3 is 2.32 bits per heavy atom. The normalized spacial score (nSPS) is 17.7. The van der Waals surface area contributed by atoms with Gasteiger partial charge in [-0.1, -0.05) is 67.6 Å². The maximum atomic E-state index is 13.2. The molecule has 1 fully saturated rings. The molecule has 1 unspecified atom stereocenters. The first-order valence-corrected chi connectivity index (χ1v) is 11.4. The van der Waals surface area contributed by atoms with Crippen LogP contribution in [-0.2, 0) is 28.2 Å². The molecule has 4 rings (SSSR count). The first kappa shape index (κ1) is 23.2. The fourth-order valence-electron chi connectivity index (χ4n) is 4.42. The molecule has 1 aromatic heterocycles. The monoisotopic (exact) mass is 459 g/mol. The zero-order valence-corrected chi connectivity index (χ0v) is 19.7. The maximum absolute atomic E-state index is 13.2. The van der Waals surface area contributed by atoms with Gasteiger partial charge in [-0.2, -0.15) is 5.10 Å². The van der Waals surface area contributed by atoms with Crippen LogP contribution < -0.4 is 10.6 Å². The SMILES string of the molecule is CCC1(c2ccccc2)NC(=O)N(CC(=O)NCc2c(C)nn(Cc3ccccc3)c2C)C1=O. The van der Waals surface area contributed by atoms with E-state index in [9.17, 15) is 14.4 Å². The van der Waals surface area contributed by atoms with Crippen LogP contribution in [0.3, 0.4) is 0 Å². The summed E-state index contributed by atoms with van der Waals surface area (Å²) in [5.74, 6) is -0.817. The van der Waals surface area contributed by atoms with Gasteiger partial charge in [-0.3, -0.25) is 19.2 Å². The van der Waals surface area contributed by atoms with Crippen LogP contribution in [0.2, 0.25) is 0 Å². The summed E-state index contributed by atoms with van der Waals surface area (Å²) < 4.78 is 1.92. The third-order valence-electron chi connectivity index (χ3n) is 6.44. The highest BCUT2D eigenvalue weighted by Crippen LogP contribution is 2.32. The summed E-state index contributed by atoms with van der Waals surface area (Å²) in [6.45, 7) is 6.29. The Balaban J connectivity index is 1.42. The Morgan fingerprint density at radius 2 is 1.68 bits per heavy atom. The molecule has 2 aromatic carbocycles. The molecule has 0 radical (unpaired) electrons. The Labute approximate surface area is 199 Å². The van der Waals surface area contributed by atoms with Gasteiger partial charge in [-0.05, 0) is 31.4 Å². The van der Waals surface area contributed by atoms with Crippen molar-refractivity contribution in [3.63, 3.8) is 0 Å². The molecule has 4 amide bonds. The molecule has 1 aliphatic rings. The van der Waals surface area contributed by atoms with Gasteiger partial charge in [0.2, 0.25) is 5.91 Å². The van der Waals surface area contributed by atoms with Crippen molar-refractivity contribution >= 4 is 17.8 Å². The second-order valence-electron chi connectivity index (χ2n) is 8.52. The number of hydrogen-bond donors (Lipinski definition) is 2. The van der Waals surface area contributed by atoms with Gasteiger partial charge in [-0.25, -0.2) is 4.79 Å². The van der Waals surface area contributed by atoms with Gasteiger partial charge in [0.25, 0.3) is 5.91 Å². The van der Waals surface area contributed by atoms with Crippen molar-refractivity contribution in [2.75, 3.05) is 6.54 Å². The second kappa shape index (κ2) is 9.51. The molecule has 8 heteroatoms. The molecule has 0 saturated carbocycles. The number of benzene rings is 2. The number of nitrogens with one attached hydrogen (secondary N) is 2. The van der Waals surface area contributed by atoms with E-state index in [2.05, 4.69) is 15.7 Å². The average molecular weight is 460 g/mol. The highest BCUT2D eigenvalue weighted by molar-refractivity contribution is 6.09. The van der Waals surface area contributed by atoms with E-state index in [0.717, 1.165) is 27.4 Å². The first-order chi connectivity index (χ1) is 16.4. The van der Waals surface area contributed by atoms with Gasteiger partial charge in [0.1, 0.15) is 12.1 Å². The Kier molecular flexibility index (Phi) is 6.49. The summed E-state index contributed by atoms with van der Waals surface area (Å²) >= 11 is 0. The van der Waals surface area contributed by atoms with Crippen LogP contribution >= 0.6 is 0 Å². The van der Waals surface area contributed by atoms with Crippen molar-refractivity contribution < 1.29 is 14.4 Å². The zero-order valence-electron chi connectivity index (χ0n) is 19.7. The van der Waals surface area contributed by atoms with E-state index in [4.69, 9.17) is 0 Å². The minimum Gasteiger partial charge on any atom is -0.350 e. The third-order valence-corrected chi connectivity index (χ3v) is 6.44. The lowest BCUT2D eigenvalue weighted by Crippen LogP contribution is -2.44. The summed E-state index contributed by atoms with van der Waals surface area (Å²) in [6.07, 6.45) is 0.388. The third kappa shape index (κ3) is 4.31. The van der Waals surface area contributed by atoms with Gasteiger partial charge in [-0.15, -0.1) is 0 Å². The minimum atomic E-state index is -1.15. The standard InChI is InChI=1S/C26H29N5O3/c1-4-26(21-13-9-6-10-14-21)24(33)30(25(34)28-26)17-23(32)27-15-22-18(2)29-31(19(22)3)16-20-11-7-5-8-12-20/h5-14H,4,15-17H2,1-3H3,(H,27,32)(H,28,34). The van der Waals surface area contributed by atoms with Crippen LogP contribution in [0.1, 0.15) is 41.4 Å². The molecule has 2 N–H and O–H groups in total. The topological polar surface area (TPSA) is 96.3 Å². The molecule has 176 valence electrons. The number of rotatable bonds is 8. The number of carbonyl (C=O) groups excluding carboxylic acids is 3. The Bertz CT molecular complexity index is 1210. The summed E-state index contributed by atoms with van der Waals surface area (Å²) in [5.41, 5.74) is 3.41. The number of urea groups is 1. The number of imide groups is 1. The smallest absolute Gasteiger partial charge is 0.325 e. The summed E-state index contributed by atoms with van der Waals surface area (Å²) in [5, 5.41) is 10.3. The number of aryl methyl sites for hydroxylation is 1. The summed E-state index contributed by atoms with van der Waals surface area (Å²) in [7, 11) is 0. The molecule has 1 saturated heterocycles. The largest absolute Gasteiger partial charge is 0.350 e. The molecule has 0 bridgehead atoms. The van der Waals surface area contributed by atoms with Gasteiger partial charge in [0.15, 0.2) is 0 Å². The summed E-state index contributed by atoms with van der Waals surface area (Å²) in [4.78, 5) is 39.5. The lowest BCUT2D eigenvalue weighted by molar-refractivity contribution is -0.135. The minimum absolute atomic E-state index is 0.270. The van der Waals surface area contributed by atoms with E-state index >= 15 is 0 Å². The number of nitrogens with zero attached hydrogens (tertiary/aromatic N) is 3. The average Bonchev–Trinajstić information content (AvgIpc) is 3.25. The van der Waals surface area contributed by atoms with Crippen LogP contribution in [-0.4, -0.2) is 39.1 Å². The quantitative estimate of drug-likeness (QED) is 0.506. The highest BCUT2D eigenvalue weighted by Gasteiger charge is 2.51. The van der Waals surface area contributed by atoms with Crippen LogP contribution in [0.15, 0.2) is 60.7 Å². The Hall–Kier alpha value is -3.94. The molecule has 8 nitrogen and oxygen atoms in total. The molecular formula is C26H29N5O3. The van der Waals surface area contributed by atoms with Crippen molar-refractivity contribution in [1.29, 1.82) is 0 Å². The van der Waals surface area contributed by atoms with Crippen molar-refractivity contribution in [2.24, 2.45) is 0 Å². The second-order valence-corrected chi connectivity index (χ2v) is 8.52. The summed E-state index contributed by atoms with van der Waals surface area (Å²) in [6, 6.07) is 18.6. The fourth-order valence-corrected chi connectivity index (χ4v) is 4.42. The van der Waals surface area contributed by atoms with Crippen molar-refractivity contribution in [2.45, 2.75) is 45.8 Å². The maximum Gasteiger partial charge on any atom is 0.325 e. The van der Waals surface area contributed by atoms with E-state index in [1.165, 1.54) is 0 Å². The molecule has 0 spiro atoms. The van der Waals surface area contributed by atoms with Crippen LogP contribution in [0, 0.1) is 13.8 Å². The van der Waals surface area contributed by atoms with Gasteiger partial charge in [0, 0.05) is 17.8 Å². The van der Waals surface area contributed by atoms with Gasteiger partial charge < -0.3 is 10.6 Å². The van der Waals surface area contributed by atoms with E-state index in [1.807, 2.05) is 86.1 Å². The molecule has 1 atom stereocenters. The Morgan fingerprint density at radius 1 is 1.03 bits per heavy atom. The number of aromatic nitrogens is 2. The predicted octanol–water partition coefficient (Wildman–Crippen LogP) is 3.02. The molecule has 3 aromatic rings. The van der Waals surface area contributed by atoms with Gasteiger partial charge in [0.05, 0.1) is 12.2 Å². The number of carbonyl (C=O) groups is 3. The first-order valence-electron chi connectivity index (χ1n) is 11.4. The van der Waals surface area contributed by atoms with Crippen LogP contribution in [0.5, 0.6) is 0 Å². The van der Waals surface area contributed by atoms with Crippen LogP contribution in [0.4, 0.5) is 4.79 Å². The zero-order chi connectivity index (χ0) is 24.3.